The summed E-state index contributed by atoms with van der Waals surface area (Å²) in [6, 6.07) is 0.565. The third kappa shape index (κ3) is 6.21. The smallest absolute Gasteiger partial charge is 0.191 e. The van der Waals surface area contributed by atoms with Gasteiger partial charge < -0.3 is 20.3 Å². The Hall–Kier alpha value is 0.270. The molecule has 2 rings (SSSR count). The van der Waals surface area contributed by atoms with Gasteiger partial charge in [0.2, 0.25) is 0 Å². The van der Waals surface area contributed by atoms with E-state index in [9.17, 15) is 0 Å². The fraction of sp³-hybridized carbons (Fsp3) is 0.941. The Morgan fingerprint density at radius 1 is 1.29 bits per heavy atom. The zero-order chi connectivity index (χ0) is 16.7. The van der Waals surface area contributed by atoms with Crippen molar-refractivity contribution in [1.29, 1.82) is 0 Å². The molecule has 0 amide bonds. The van der Waals surface area contributed by atoms with Gasteiger partial charge in [-0.3, -0.25) is 4.99 Å². The minimum Gasteiger partial charge on any atom is -0.381 e. The van der Waals surface area contributed by atoms with Crippen LogP contribution in [-0.4, -0.2) is 74.3 Å². The van der Waals surface area contributed by atoms with Crippen molar-refractivity contribution in [2.45, 2.75) is 55.9 Å². The van der Waals surface area contributed by atoms with Crippen molar-refractivity contribution in [3.8, 4) is 0 Å². The van der Waals surface area contributed by atoms with Crippen molar-refractivity contribution in [2.24, 2.45) is 4.99 Å². The maximum absolute atomic E-state index is 5.55. The summed E-state index contributed by atoms with van der Waals surface area (Å²) in [6.45, 7) is 5.55. The standard InChI is InChI=1S/C17H34N4OS.HI/c1-5-18-16(20-14-6-7-15(12-14)23-4)19-13-17(21(2)3)8-10-22-11-9-17;/h14-15H,5-13H2,1-4H3,(H2,18,19,20);1H. The molecule has 0 aromatic carbocycles. The van der Waals surface area contributed by atoms with Crippen LogP contribution in [0.1, 0.15) is 39.0 Å². The van der Waals surface area contributed by atoms with E-state index in [0.29, 0.717) is 6.04 Å². The van der Waals surface area contributed by atoms with Gasteiger partial charge in [-0.25, -0.2) is 0 Å². The second kappa shape index (κ2) is 11.1. The Morgan fingerprint density at radius 3 is 2.54 bits per heavy atom. The Kier molecular flexibility index (Phi) is 10.3. The first-order valence-corrected chi connectivity index (χ1v) is 10.2. The predicted octanol–water partition coefficient (Wildman–Crippen LogP) is 2.55. The van der Waals surface area contributed by atoms with E-state index in [2.05, 4.69) is 42.8 Å². The summed E-state index contributed by atoms with van der Waals surface area (Å²) in [5.74, 6) is 0.979. The molecule has 2 aliphatic rings. The van der Waals surface area contributed by atoms with Gasteiger partial charge in [0, 0.05) is 36.6 Å². The SMILES string of the molecule is CCNC(=NCC1(N(C)C)CCOCC1)NC1CCC(SC)C1.I. The van der Waals surface area contributed by atoms with Crippen LogP contribution in [0.2, 0.25) is 0 Å². The molecule has 0 spiro atoms. The Bertz CT molecular complexity index is 389. The van der Waals surface area contributed by atoms with Gasteiger partial charge >= 0.3 is 0 Å². The van der Waals surface area contributed by atoms with Crippen molar-refractivity contribution in [1.82, 2.24) is 15.5 Å². The van der Waals surface area contributed by atoms with Crippen LogP contribution in [0.3, 0.4) is 0 Å². The highest BCUT2D eigenvalue weighted by atomic mass is 127. The molecular weight excluding hydrogens is 435 g/mol. The van der Waals surface area contributed by atoms with Crippen LogP contribution >= 0.6 is 35.7 Å². The van der Waals surface area contributed by atoms with E-state index < -0.39 is 0 Å². The number of hydrogen-bond acceptors (Lipinski definition) is 4. The number of likely N-dealkylation sites (N-methyl/N-ethyl adjacent to an activating group) is 1. The molecule has 2 fully saturated rings. The maximum atomic E-state index is 5.55. The molecule has 24 heavy (non-hydrogen) atoms. The molecule has 5 nitrogen and oxygen atoms in total. The van der Waals surface area contributed by atoms with E-state index in [0.717, 1.165) is 50.4 Å². The summed E-state index contributed by atoms with van der Waals surface area (Å²) in [5, 5.41) is 7.88. The average molecular weight is 470 g/mol. The molecule has 2 unspecified atom stereocenters. The molecule has 0 bridgehead atoms. The van der Waals surface area contributed by atoms with Crippen LogP contribution in [0, 0.1) is 0 Å². The first kappa shape index (κ1) is 22.3. The third-order valence-corrected chi connectivity index (χ3v) is 6.40. The highest BCUT2D eigenvalue weighted by molar-refractivity contribution is 14.0. The second-order valence-electron chi connectivity index (χ2n) is 6.94. The number of hydrogen-bond donors (Lipinski definition) is 2. The lowest BCUT2D eigenvalue weighted by Crippen LogP contribution is -2.52. The molecule has 0 aromatic heterocycles. The largest absolute Gasteiger partial charge is 0.381 e. The molecule has 0 aromatic rings. The predicted molar refractivity (Wildman–Crippen MR) is 116 cm³/mol. The highest BCUT2D eigenvalue weighted by Gasteiger charge is 2.35. The Morgan fingerprint density at radius 2 is 2.00 bits per heavy atom. The number of thioether (sulfide) groups is 1. The molecule has 142 valence electrons. The number of guanidine groups is 1. The van der Waals surface area contributed by atoms with E-state index in [1.165, 1.54) is 19.3 Å². The third-order valence-electron chi connectivity index (χ3n) is 5.31. The normalized spacial score (nSPS) is 27.0. The van der Waals surface area contributed by atoms with E-state index in [1.807, 2.05) is 11.8 Å². The number of ether oxygens (including phenoxy) is 1. The van der Waals surface area contributed by atoms with Gasteiger partial charge in [0.05, 0.1) is 6.54 Å². The zero-order valence-electron chi connectivity index (χ0n) is 15.6. The first-order valence-electron chi connectivity index (χ1n) is 8.92. The van der Waals surface area contributed by atoms with Gasteiger partial charge in [-0.1, -0.05) is 0 Å². The molecule has 2 N–H and O–H groups in total. The number of rotatable bonds is 6. The monoisotopic (exact) mass is 470 g/mol. The lowest BCUT2D eigenvalue weighted by atomic mass is 9.89. The van der Waals surface area contributed by atoms with Crippen LogP contribution in [0.4, 0.5) is 0 Å². The minimum absolute atomic E-state index is 0. The van der Waals surface area contributed by atoms with Crippen molar-refractivity contribution >= 4 is 41.7 Å². The summed E-state index contributed by atoms with van der Waals surface area (Å²) in [4.78, 5) is 7.27. The molecule has 1 aliphatic heterocycles. The molecule has 1 saturated heterocycles. The summed E-state index contributed by atoms with van der Waals surface area (Å²) in [5.41, 5.74) is 0.137. The van der Waals surface area contributed by atoms with E-state index in [-0.39, 0.29) is 29.5 Å². The van der Waals surface area contributed by atoms with Gasteiger partial charge in [0.1, 0.15) is 0 Å². The van der Waals surface area contributed by atoms with Crippen LogP contribution < -0.4 is 10.6 Å². The maximum Gasteiger partial charge on any atom is 0.191 e. The second-order valence-corrected chi connectivity index (χ2v) is 8.08. The number of aliphatic imine (C=N–C) groups is 1. The highest BCUT2D eigenvalue weighted by Crippen LogP contribution is 2.28. The molecule has 1 aliphatic carbocycles. The Balaban J connectivity index is 0.00000288. The summed E-state index contributed by atoms with van der Waals surface area (Å²) < 4.78 is 5.55. The van der Waals surface area contributed by atoms with E-state index in [4.69, 9.17) is 9.73 Å². The van der Waals surface area contributed by atoms with Crippen molar-refractivity contribution in [3.05, 3.63) is 0 Å². The van der Waals surface area contributed by atoms with Crippen molar-refractivity contribution in [3.63, 3.8) is 0 Å². The van der Waals surface area contributed by atoms with Gasteiger partial charge in [0.25, 0.3) is 0 Å². The lowest BCUT2D eigenvalue weighted by Gasteiger charge is -2.41. The van der Waals surface area contributed by atoms with Crippen molar-refractivity contribution < 1.29 is 4.74 Å². The molecule has 1 heterocycles. The van der Waals surface area contributed by atoms with Crippen LogP contribution in [0.15, 0.2) is 4.99 Å². The van der Waals surface area contributed by atoms with Crippen LogP contribution in [-0.2, 0) is 4.74 Å². The minimum atomic E-state index is 0. The Labute approximate surface area is 169 Å². The quantitative estimate of drug-likeness (QED) is 0.355. The van der Waals surface area contributed by atoms with Crippen LogP contribution in [0.5, 0.6) is 0 Å². The number of nitrogens with one attached hydrogen (secondary N) is 2. The fourth-order valence-electron chi connectivity index (χ4n) is 3.52. The van der Waals surface area contributed by atoms with Crippen LogP contribution in [0.25, 0.3) is 0 Å². The van der Waals surface area contributed by atoms with Gasteiger partial charge in [-0.15, -0.1) is 24.0 Å². The molecule has 1 saturated carbocycles. The summed E-state index contributed by atoms with van der Waals surface area (Å²) in [7, 11) is 4.34. The van der Waals surface area contributed by atoms with Gasteiger partial charge in [0.15, 0.2) is 5.96 Å². The first-order chi connectivity index (χ1) is 11.1. The molecular formula is C17H35IN4OS. The van der Waals surface area contributed by atoms with E-state index >= 15 is 0 Å². The lowest BCUT2D eigenvalue weighted by molar-refractivity contribution is -0.00255. The van der Waals surface area contributed by atoms with Gasteiger partial charge in [-0.2, -0.15) is 11.8 Å². The number of halogens is 1. The molecule has 0 radical (unpaired) electrons. The summed E-state index contributed by atoms with van der Waals surface area (Å²) in [6.07, 6.45) is 8.15. The zero-order valence-corrected chi connectivity index (χ0v) is 18.8. The fourth-order valence-corrected chi connectivity index (χ4v) is 4.32. The summed E-state index contributed by atoms with van der Waals surface area (Å²) >= 11 is 2.00. The molecule has 2 atom stereocenters. The average Bonchev–Trinajstić information content (AvgIpc) is 3.01. The topological polar surface area (TPSA) is 48.9 Å². The van der Waals surface area contributed by atoms with Gasteiger partial charge in [-0.05, 0) is 59.4 Å². The van der Waals surface area contributed by atoms with E-state index in [1.54, 1.807) is 0 Å². The molecule has 7 heteroatoms. The van der Waals surface area contributed by atoms with Crippen molar-refractivity contribution in [2.75, 3.05) is 46.7 Å². The number of nitrogens with zero attached hydrogens (tertiary/aromatic N) is 2.